The van der Waals surface area contributed by atoms with Crippen LogP contribution in [0, 0.1) is 28.6 Å². The van der Waals surface area contributed by atoms with Gasteiger partial charge in [-0.1, -0.05) is 6.92 Å². The molecule has 4 aliphatic carbocycles. The lowest BCUT2D eigenvalue weighted by molar-refractivity contribution is -0.293. The van der Waals surface area contributed by atoms with E-state index in [1.54, 1.807) is 6.92 Å². The van der Waals surface area contributed by atoms with Crippen LogP contribution in [0.4, 0.5) is 0 Å². The van der Waals surface area contributed by atoms with Crippen LogP contribution in [0.2, 0.25) is 0 Å². The molecule has 0 spiro atoms. The van der Waals surface area contributed by atoms with E-state index in [0.717, 1.165) is 0 Å². The van der Waals surface area contributed by atoms with Gasteiger partial charge in [0.25, 0.3) is 0 Å². The third-order valence-electron chi connectivity index (χ3n) is 9.45. The lowest BCUT2D eigenvalue weighted by Crippen LogP contribution is -2.72. The van der Waals surface area contributed by atoms with Gasteiger partial charge < -0.3 is 30.3 Å². The first-order valence-electron chi connectivity index (χ1n) is 11.2. The summed E-state index contributed by atoms with van der Waals surface area (Å²) in [6, 6.07) is 0. The van der Waals surface area contributed by atoms with Crippen molar-refractivity contribution >= 4 is 5.97 Å². The van der Waals surface area contributed by atoms with Crippen LogP contribution in [0.3, 0.4) is 0 Å². The third-order valence-corrected chi connectivity index (χ3v) is 9.45. The highest BCUT2D eigenvalue weighted by Gasteiger charge is 2.73. The molecule has 4 fully saturated rings. The summed E-state index contributed by atoms with van der Waals surface area (Å²) in [4.78, 5) is 12.6. The Hall–Kier alpha value is -0.730. The highest BCUT2D eigenvalue weighted by atomic mass is 16.5. The van der Waals surface area contributed by atoms with Gasteiger partial charge >= 0.3 is 5.97 Å². The van der Waals surface area contributed by atoms with Crippen molar-refractivity contribution < 1.29 is 35.1 Å². The van der Waals surface area contributed by atoms with E-state index in [9.17, 15) is 30.3 Å². The van der Waals surface area contributed by atoms with Crippen LogP contribution in [-0.2, 0) is 9.53 Å². The van der Waals surface area contributed by atoms with Gasteiger partial charge in [-0.15, -0.1) is 0 Å². The molecule has 0 heterocycles. The first-order valence-corrected chi connectivity index (χ1v) is 11.2. The van der Waals surface area contributed by atoms with Crippen molar-refractivity contribution in [3.8, 4) is 0 Å². The molecule has 0 saturated heterocycles. The van der Waals surface area contributed by atoms with Gasteiger partial charge in [0.05, 0.1) is 42.5 Å². The number of fused-ring (bicyclic) bond motifs is 5. The Morgan fingerprint density at radius 3 is 2.45 bits per heavy atom. The van der Waals surface area contributed by atoms with E-state index in [1.165, 1.54) is 0 Å². The lowest BCUT2D eigenvalue weighted by Gasteiger charge is -2.67. The molecule has 0 bridgehead atoms. The molecule has 4 aliphatic rings. The van der Waals surface area contributed by atoms with Crippen molar-refractivity contribution in [3.63, 3.8) is 0 Å². The second-order valence-corrected chi connectivity index (χ2v) is 10.4. The Balaban J connectivity index is 1.74. The highest BCUT2D eigenvalue weighted by molar-refractivity contribution is 5.74. The number of carbonyl (C=O) groups excluding carboxylic acids is 1. The molecule has 29 heavy (non-hydrogen) atoms. The minimum absolute atomic E-state index is 0.185. The molecule has 0 aliphatic heterocycles. The van der Waals surface area contributed by atoms with Gasteiger partial charge in [-0.05, 0) is 57.8 Å². The quantitative estimate of drug-likeness (QED) is 0.433. The minimum Gasteiger partial charge on any atom is -0.466 e. The maximum Gasteiger partial charge on any atom is 0.309 e. The molecule has 4 rings (SSSR count). The Morgan fingerprint density at radius 1 is 1.07 bits per heavy atom. The molecule has 0 unspecified atom stereocenters. The van der Waals surface area contributed by atoms with Crippen molar-refractivity contribution in [2.24, 2.45) is 28.6 Å². The van der Waals surface area contributed by atoms with Crippen LogP contribution in [0.25, 0.3) is 0 Å². The van der Waals surface area contributed by atoms with Gasteiger partial charge in [-0.2, -0.15) is 0 Å². The summed E-state index contributed by atoms with van der Waals surface area (Å²) in [7, 11) is 0. The summed E-state index contributed by atoms with van der Waals surface area (Å²) in [5, 5.41) is 55.4. The summed E-state index contributed by atoms with van der Waals surface area (Å²) in [5.41, 5.74) is -4.17. The minimum atomic E-state index is -1.26. The molecule has 9 atom stereocenters. The molecule has 7 nitrogen and oxygen atoms in total. The molecule has 0 radical (unpaired) electrons. The molecular formula is C22H36O7. The summed E-state index contributed by atoms with van der Waals surface area (Å²) >= 11 is 0. The summed E-state index contributed by atoms with van der Waals surface area (Å²) in [6.45, 7) is 3.64. The molecule has 7 heteroatoms. The molecule has 166 valence electrons. The summed E-state index contributed by atoms with van der Waals surface area (Å²) in [6.07, 6.45) is 1.63. The van der Waals surface area contributed by atoms with Gasteiger partial charge in [0.2, 0.25) is 0 Å². The van der Waals surface area contributed by atoms with E-state index in [4.69, 9.17) is 4.74 Å². The molecule has 0 aromatic carbocycles. The van der Waals surface area contributed by atoms with Gasteiger partial charge in [0.1, 0.15) is 0 Å². The van der Waals surface area contributed by atoms with Crippen molar-refractivity contribution in [1.82, 2.24) is 0 Å². The second-order valence-electron chi connectivity index (χ2n) is 10.4. The molecule has 0 aromatic rings. The topological polar surface area (TPSA) is 127 Å². The number of aliphatic hydroxyl groups excluding tert-OH is 3. The molecular weight excluding hydrogens is 376 g/mol. The van der Waals surface area contributed by atoms with Gasteiger partial charge in [0, 0.05) is 23.2 Å². The Kier molecular flexibility index (Phi) is 5.11. The summed E-state index contributed by atoms with van der Waals surface area (Å²) in [5.74, 6) is -1.58. The first-order chi connectivity index (χ1) is 13.6. The maximum atomic E-state index is 12.6. The van der Waals surface area contributed by atoms with Crippen molar-refractivity contribution in [2.45, 2.75) is 88.6 Å². The van der Waals surface area contributed by atoms with Crippen LogP contribution < -0.4 is 0 Å². The number of esters is 1. The van der Waals surface area contributed by atoms with E-state index in [1.807, 2.05) is 6.92 Å². The number of ether oxygens (including phenoxy) is 1. The van der Waals surface area contributed by atoms with Crippen LogP contribution in [0.15, 0.2) is 0 Å². The normalized spacial score (nSPS) is 54.2. The number of aliphatic hydroxyl groups is 5. The fourth-order valence-corrected chi connectivity index (χ4v) is 8.02. The predicted molar refractivity (Wildman–Crippen MR) is 104 cm³/mol. The Labute approximate surface area is 172 Å². The van der Waals surface area contributed by atoms with E-state index >= 15 is 0 Å². The maximum absolute atomic E-state index is 12.6. The Bertz CT molecular complexity index is 670. The standard InChI is InChI=1S/C22H36O7/c1-3-29-18(26)15-6-9-22(28)14-5-8-21(27)10-13(24)4-7-20(21,12-23)17(14)16(25)11-19(15,22)2/h13-17,23-25,27-28H,3-12H2,1-2H3/t13-,14+,15+,16+,17+,19+,20-,21-,22+/m0/s1. The fraction of sp³-hybridized carbons (Fsp3) is 0.955. The van der Waals surface area contributed by atoms with Gasteiger partial charge in [-0.25, -0.2) is 0 Å². The zero-order valence-corrected chi connectivity index (χ0v) is 17.5. The predicted octanol–water partition coefficient (Wildman–Crippen LogP) is 0.742. The number of rotatable bonds is 3. The lowest BCUT2D eigenvalue weighted by atomic mass is 9.41. The van der Waals surface area contributed by atoms with Crippen LogP contribution in [0.5, 0.6) is 0 Å². The zero-order chi connectivity index (χ0) is 21.2. The van der Waals surface area contributed by atoms with Crippen LogP contribution in [-0.4, -0.2) is 68.1 Å². The van der Waals surface area contributed by atoms with Gasteiger partial charge in [-0.3, -0.25) is 4.79 Å². The largest absolute Gasteiger partial charge is 0.466 e. The zero-order valence-electron chi connectivity index (χ0n) is 17.5. The SMILES string of the molecule is CCOC(=O)[C@H]1CC[C@@]2(O)[C@@H]3CC[C@]4(O)C[C@@H](O)CC[C@]4(CO)[C@H]3[C@H](O)C[C@]12C. The molecule has 0 amide bonds. The number of carbonyl (C=O) groups is 1. The molecule has 5 N–H and O–H groups in total. The fourth-order valence-electron chi connectivity index (χ4n) is 8.02. The molecule has 4 saturated carbocycles. The van der Waals surface area contributed by atoms with Crippen LogP contribution >= 0.6 is 0 Å². The van der Waals surface area contributed by atoms with E-state index in [0.29, 0.717) is 38.5 Å². The third kappa shape index (κ3) is 2.64. The second kappa shape index (κ2) is 6.89. The highest BCUT2D eigenvalue weighted by Crippen LogP contribution is 2.69. The summed E-state index contributed by atoms with van der Waals surface area (Å²) < 4.78 is 5.27. The first kappa shape index (κ1) is 21.5. The average Bonchev–Trinajstić information content (AvgIpc) is 2.92. The Morgan fingerprint density at radius 2 is 1.79 bits per heavy atom. The number of hydrogen-bond donors (Lipinski definition) is 5. The number of hydrogen-bond acceptors (Lipinski definition) is 7. The van der Waals surface area contributed by atoms with E-state index in [-0.39, 0.29) is 37.9 Å². The monoisotopic (exact) mass is 412 g/mol. The van der Waals surface area contributed by atoms with Gasteiger partial charge in [0.15, 0.2) is 0 Å². The smallest absolute Gasteiger partial charge is 0.309 e. The van der Waals surface area contributed by atoms with E-state index in [2.05, 4.69) is 0 Å². The van der Waals surface area contributed by atoms with Crippen molar-refractivity contribution in [3.05, 3.63) is 0 Å². The average molecular weight is 413 g/mol. The van der Waals surface area contributed by atoms with Crippen molar-refractivity contribution in [2.75, 3.05) is 13.2 Å². The molecule has 0 aromatic heterocycles. The van der Waals surface area contributed by atoms with Crippen molar-refractivity contribution in [1.29, 1.82) is 0 Å². The van der Waals surface area contributed by atoms with Crippen LogP contribution in [0.1, 0.15) is 65.2 Å². The van der Waals surface area contributed by atoms with E-state index < -0.39 is 46.1 Å².